The molecule has 2 rings (SSSR count). The van der Waals surface area contributed by atoms with E-state index in [0.717, 1.165) is 25.8 Å². The van der Waals surface area contributed by atoms with E-state index in [0.29, 0.717) is 11.9 Å². The number of nitrogens with zero attached hydrogens (tertiary/aromatic N) is 1. The molecule has 0 aromatic rings. The van der Waals surface area contributed by atoms with Gasteiger partial charge in [0.15, 0.2) is 0 Å². The van der Waals surface area contributed by atoms with Crippen molar-refractivity contribution in [2.24, 2.45) is 5.41 Å². The maximum absolute atomic E-state index is 11.7. The van der Waals surface area contributed by atoms with Gasteiger partial charge in [-0.1, -0.05) is 0 Å². The van der Waals surface area contributed by atoms with Crippen molar-refractivity contribution >= 4 is 5.91 Å². The Morgan fingerprint density at radius 2 is 2.00 bits per heavy atom. The van der Waals surface area contributed by atoms with Crippen molar-refractivity contribution in [2.75, 3.05) is 6.54 Å². The Morgan fingerprint density at radius 3 is 2.27 bits per heavy atom. The molecule has 0 aromatic carbocycles. The maximum Gasteiger partial charge on any atom is 0.229 e. The van der Waals surface area contributed by atoms with Crippen LogP contribution in [-0.2, 0) is 4.79 Å². The summed E-state index contributed by atoms with van der Waals surface area (Å²) in [5.41, 5.74) is 0.143. The van der Waals surface area contributed by atoms with Gasteiger partial charge in [0, 0.05) is 12.6 Å². The van der Waals surface area contributed by atoms with E-state index in [-0.39, 0.29) is 5.41 Å². The van der Waals surface area contributed by atoms with Crippen LogP contribution in [0.4, 0.5) is 0 Å². The smallest absolute Gasteiger partial charge is 0.229 e. The normalized spacial score (nSPS) is 27.2. The minimum atomic E-state index is 0.143. The summed E-state index contributed by atoms with van der Waals surface area (Å²) in [6.45, 7) is 5.19. The first-order chi connectivity index (χ1) is 5.16. The van der Waals surface area contributed by atoms with Gasteiger partial charge in [0.1, 0.15) is 0 Å². The van der Waals surface area contributed by atoms with Crippen molar-refractivity contribution in [1.29, 1.82) is 0 Å². The first-order valence-corrected chi connectivity index (χ1v) is 4.47. The second kappa shape index (κ2) is 1.99. The van der Waals surface area contributed by atoms with Crippen LogP contribution < -0.4 is 0 Å². The molecule has 2 heteroatoms. The van der Waals surface area contributed by atoms with Crippen LogP contribution >= 0.6 is 0 Å². The zero-order valence-electron chi connectivity index (χ0n) is 7.26. The zero-order valence-corrected chi connectivity index (χ0v) is 7.26. The molecule has 0 bridgehead atoms. The summed E-state index contributed by atoms with van der Waals surface area (Å²) in [5, 5.41) is 0. The average Bonchev–Trinajstić information content (AvgIpc) is 2.61. The van der Waals surface area contributed by atoms with E-state index in [4.69, 9.17) is 0 Å². The van der Waals surface area contributed by atoms with E-state index in [1.54, 1.807) is 0 Å². The molecule has 11 heavy (non-hydrogen) atoms. The third-order valence-corrected chi connectivity index (χ3v) is 3.02. The van der Waals surface area contributed by atoms with Crippen LogP contribution in [-0.4, -0.2) is 23.4 Å². The van der Waals surface area contributed by atoms with E-state index in [1.807, 2.05) is 4.90 Å². The largest absolute Gasteiger partial charge is 0.340 e. The average molecular weight is 153 g/mol. The molecule has 1 spiro atoms. The number of hydrogen-bond acceptors (Lipinski definition) is 1. The molecule has 1 aliphatic carbocycles. The van der Waals surface area contributed by atoms with E-state index in [2.05, 4.69) is 13.8 Å². The fourth-order valence-corrected chi connectivity index (χ4v) is 1.96. The predicted molar refractivity (Wildman–Crippen MR) is 43.1 cm³/mol. The van der Waals surface area contributed by atoms with Crippen LogP contribution in [0.25, 0.3) is 0 Å². The number of amides is 1. The van der Waals surface area contributed by atoms with Crippen molar-refractivity contribution < 1.29 is 4.79 Å². The van der Waals surface area contributed by atoms with Gasteiger partial charge in [0.25, 0.3) is 0 Å². The summed E-state index contributed by atoms with van der Waals surface area (Å²) in [6.07, 6.45) is 3.41. The monoisotopic (exact) mass is 153 g/mol. The van der Waals surface area contributed by atoms with Crippen LogP contribution in [0.5, 0.6) is 0 Å². The number of carbonyl (C=O) groups is 1. The number of likely N-dealkylation sites (tertiary alicyclic amines) is 1. The van der Waals surface area contributed by atoms with E-state index in [9.17, 15) is 4.79 Å². The van der Waals surface area contributed by atoms with Crippen LogP contribution in [0.15, 0.2) is 0 Å². The molecule has 0 N–H and O–H groups in total. The van der Waals surface area contributed by atoms with Crippen molar-refractivity contribution in [3.63, 3.8) is 0 Å². The van der Waals surface area contributed by atoms with Crippen molar-refractivity contribution in [2.45, 2.75) is 39.2 Å². The highest BCUT2D eigenvalue weighted by atomic mass is 16.2. The summed E-state index contributed by atoms with van der Waals surface area (Å²) >= 11 is 0. The minimum Gasteiger partial charge on any atom is -0.340 e. The van der Waals surface area contributed by atoms with Gasteiger partial charge in [-0.25, -0.2) is 0 Å². The van der Waals surface area contributed by atoms with Crippen molar-refractivity contribution in [3.8, 4) is 0 Å². The summed E-state index contributed by atoms with van der Waals surface area (Å²) in [4.78, 5) is 13.7. The SMILES string of the molecule is CC(C)N1CCC2(CC2)C1=O. The zero-order chi connectivity index (χ0) is 8.06. The third-order valence-electron chi connectivity index (χ3n) is 3.02. The second-order valence-corrected chi connectivity index (χ2v) is 4.12. The number of hydrogen-bond donors (Lipinski definition) is 0. The highest BCUT2D eigenvalue weighted by Gasteiger charge is 2.55. The summed E-state index contributed by atoms with van der Waals surface area (Å²) in [7, 11) is 0. The lowest BCUT2D eigenvalue weighted by molar-refractivity contribution is -0.133. The van der Waals surface area contributed by atoms with Crippen LogP contribution in [0.2, 0.25) is 0 Å². The van der Waals surface area contributed by atoms with Crippen molar-refractivity contribution in [1.82, 2.24) is 4.90 Å². The summed E-state index contributed by atoms with van der Waals surface area (Å²) in [6, 6.07) is 0.405. The predicted octanol–water partition coefficient (Wildman–Crippen LogP) is 1.41. The highest BCUT2D eigenvalue weighted by Crippen LogP contribution is 2.53. The second-order valence-electron chi connectivity index (χ2n) is 4.12. The molecule has 62 valence electrons. The first-order valence-electron chi connectivity index (χ1n) is 4.47. The van der Waals surface area contributed by atoms with Crippen LogP contribution in [0.3, 0.4) is 0 Å². The highest BCUT2D eigenvalue weighted by molar-refractivity contribution is 5.87. The third kappa shape index (κ3) is 0.883. The maximum atomic E-state index is 11.7. The fourth-order valence-electron chi connectivity index (χ4n) is 1.96. The van der Waals surface area contributed by atoms with Gasteiger partial charge in [0.2, 0.25) is 5.91 Å². The van der Waals surface area contributed by atoms with Gasteiger partial charge in [-0.05, 0) is 33.1 Å². The first kappa shape index (κ1) is 7.14. The Labute approximate surface area is 67.6 Å². The fraction of sp³-hybridized carbons (Fsp3) is 0.889. The van der Waals surface area contributed by atoms with E-state index < -0.39 is 0 Å². The molecular formula is C9H15NO. The van der Waals surface area contributed by atoms with E-state index >= 15 is 0 Å². The molecule has 2 fully saturated rings. The van der Waals surface area contributed by atoms with Gasteiger partial charge in [-0.15, -0.1) is 0 Å². The standard InChI is InChI=1S/C9H15NO/c1-7(2)10-6-5-9(3-4-9)8(10)11/h7H,3-6H2,1-2H3. The molecule has 1 aliphatic heterocycles. The van der Waals surface area contributed by atoms with Gasteiger partial charge < -0.3 is 4.90 Å². The topological polar surface area (TPSA) is 20.3 Å². The molecule has 0 aromatic heterocycles. The molecule has 1 amide bonds. The van der Waals surface area contributed by atoms with E-state index in [1.165, 1.54) is 0 Å². The van der Waals surface area contributed by atoms with Crippen LogP contribution in [0.1, 0.15) is 33.1 Å². The summed E-state index contributed by atoms with van der Waals surface area (Å²) in [5.74, 6) is 0.424. The lowest BCUT2D eigenvalue weighted by Gasteiger charge is -2.20. The molecular weight excluding hydrogens is 138 g/mol. The van der Waals surface area contributed by atoms with Gasteiger partial charge >= 0.3 is 0 Å². The molecule has 0 atom stereocenters. The molecule has 2 aliphatic rings. The minimum absolute atomic E-state index is 0.143. The molecule has 1 heterocycles. The van der Waals surface area contributed by atoms with Gasteiger partial charge in [0.05, 0.1) is 5.41 Å². The Bertz CT molecular complexity index is 194. The number of carbonyl (C=O) groups excluding carboxylic acids is 1. The number of rotatable bonds is 1. The Morgan fingerprint density at radius 1 is 1.36 bits per heavy atom. The van der Waals surface area contributed by atoms with Gasteiger partial charge in [-0.2, -0.15) is 0 Å². The molecule has 1 saturated heterocycles. The Balaban J connectivity index is 2.12. The summed E-state index contributed by atoms with van der Waals surface area (Å²) < 4.78 is 0. The lowest BCUT2D eigenvalue weighted by Crippen LogP contribution is -2.33. The van der Waals surface area contributed by atoms with Gasteiger partial charge in [-0.3, -0.25) is 4.79 Å². The molecule has 0 radical (unpaired) electrons. The Kier molecular flexibility index (Phi) is 1.29. The van der Waals surface area contributed by atoms with Crippen molar-refractivity contribution in [3.05, 3.63) is 0 Å². The molecule has 1 saturated carbocycles. The molecule has 0 unspecified atom stereocenters. The quantitative estimate of drug-likeness (QED) is 0.557. The lowest BCUT2D eigenvalue weighted by atomic mass is 10.1. The van der Waals surface area contributed by atoms with Crippen LogP contribution in [0, 0.1) is 5.41 Å². The molecule has 2 nitrogen and oxygen atoms in total. The Hall–Kier alpha value is -0.530.